The summed E-state index contributed by atoms with van der Waals surface area (Å²) >= 11 is 11.9. The van der Waals surface area contributed by atoms with Gasteiger partial charge in [0, 0.05) is 16.1 Å². The number of aryl methyl sites for hydroxylation is 1. The van der Waals surface area contributed by atoms with Crippen LogP contribution in [0.5, 0.6) is 11.5 Å². The summed E-state index contributed by atoms with van der Waals surface area (Å²) in [5.74, 6) is 0.768. The third kappa shape index (κ3) is 4.53. The number of ether oxygens (including phenoxy) is 2. The van der Waals surface area contributed by atoms with E-state index in [1.165, 1.54) is 7.11 Å². The summed E-state index contributed by atoms with van der Waals surface area (Å²) in [6.07, 6.45) is -0.683. The van der Waals surface area contributed by atoms with E-state index in [0.717, 1.165) is 5.56 Å². The van der Waals surface area contributed by atoms with Crippen molar-refractivity contribution in [3.05, 3.63) is 52.0 Å². The number of rotatable bonds is 5. The molecule has 0 saturated heterocycles. The molecule has 1 unspecified atom stereocenters. The Labute approximate surface area is 145 Å². The predicted molar refractivity (Wildman–Crippen MR) is 92.9 cm³/mol. The van der Waals surface area contributed by atoms with Gasteiger partial charge in [-0.25, -0.2) is 0 Å². The standard InChI is InChI=1S/C17H17Cl2NO3/c1-10-8-15(16(22-3)9-14(10)19)20-17(21)11(2)23-13-6-4-12(18)5-7-13/h4-9,11H,1-3H3,(H,20,21). The zero-order valence-electron chi connectivity index (χ0n) is 13.0. The van der Waals surface area contributed by atoms with Gasteiger partial charge in [-0.2, -0.15) is 0 Å². The number of nitrogens with one attached hydrogen (secondary N) is 1. The van der Waals surface area contributed by atoms with Crippen molar-refractivity contribution in [2.75, 3.05) is 12.4 Å². The average Bonchev–Trinajstić information content (AvgIpc) is 2.52. The van der Waals surface area contributed by atoms with Gasteiger partial charge in [0.05, 0.1) is 12.8 Å². The lowest BCUT2D eigenvalue weighted by Gasteiger charge is -2.17. The van der Waals surface area contributed by atoms with Gasteiger partial charge in [0.25, 0.3) is 5.91 Å². The maximum Gasteiger partial charge on any atom is 0.265 e. The lowest BCUT2D eigenvalue weighted by molar-refractivity contribution is -0.122. The smallest absolute Gasteiger partial charge is 0.265 e. The minimum Gasteiger partial charge on any atom is -0.495 e. The van der Waals surface area contributed by atoms with Gasteiger partial charge in [-0.1, -0.05) is 23.2 Å². The van der Waals surface area contributed by atoms with E-state index in [2.05, 4.69) is 5.32 Å². The van der Waals surface area contributed by atoms with E-state index >= 15 is 0 Å². The zero-order chi connectivity index (χ0) is 17.0. The molecule has 0 heterocycles. The molecule has 122 valence electrons. The summed E-state index contributed by atoms with van der Waals surface area (Å²) in [5, 5.41) is 3.97. The molecule has 0 aliphatic heterocycles. The molecule has 2 aromatic rings. The minimum absolute atomic E-state index is 0.292. The fraction of sp³-hybridized carbons (Fsp3) is 0.235. The number of amides is 1. The molecule has 0 bridgehead atoms. The number of carbonyl (C=O) groups excluding carboxylic acids is 1. The van der Waals surface area contributed by atoms with Crippen LogP contribution in [0.1, 0.15) is 12.5 Å². The predicted octanol–water partition coefficient (Wildman–Crippen LogP) is 4.72. The van der Waals surface area contributed by atoms with Crippen LogP contribution >= 0.6 is 23.2 Å². The molecule has 4 nitrogen and oxygen atoms in total. The molecule has 0 radical (unpaired) electrons. The van der Waals surface area contributed by atoms with Crippen LogP contribution in [-0.4, -0.2) is 19.1 Å². The summed E-state index contributed by atoms with van der Waals surface area (Å²) in [7, 11) is 1.52. The number of methoxy groups -OCH3 is 1. The van der Waals surface area contributed by atoms with E-state index in [1.807, 2.05) is 6.92 Å². The number of anilines is 1. The number of halogens is 2. The molecule has 23 heavy (non-hydrogen) atoms. The molecule has 0 fully saturated rings. The van der Waals surface area contributed by atoms with Gasteiger partial charge in [0.15, 0.2) is 6.10 Å². The van der Waals surface area contributed by atoms with Crippen LogP contribution in [0.15, 0.2) is 36.4 Å². The Morgan fingerprint density at radius 1 is 1.17 bits per heavy atom. The van der Waals surface area contributed by atoms with Gasteiger partial charge < -0.3 is 14.8 Å². The molecule has 0 spiro atoms. The van der Waals surface area contributed by atoms with Crippen molar-refractivity contribution in [3.8, 4) is 11.5 Å². The lowest BCUT2D eigenvalue weighted by atomic mass is 10.2. The van der Waals surface area contributed by atoms with Gasteiger partial charge in [-0.3, -0.25) is 4.79 Å². The van der Waals surface area contributed by atoms with E-state index < -0.39 is 6.10 Å². The highest BCUT2D eigenvalue weighted by Crippen LogP contribution is 2.31. The Morgan fingerprint density at radius 2 is 1.83 bits per heavy atom. The molecular weight excluding hydrogens is 337 g/mol. The SMILES string of the molecule is COc1cc(Cl)c(C)cc1NC(=O)C(C)Oc1ccc(Cl)cc1. The fourth-order valence-corrected chi connectivity index (χ4v) is 2.21. The van der Waals surface area contributed by atoms with Crippen molar-refractivity contribution in [2.24, 2.45) is 0 Å². The second-order valence-corrected chi connectivity index (χ2v) is 5.85. The van der Waals surface area contributed by atoms with E-state index in [-0.39, 0.29) is 5.91 Å². The average molecular weight is 354 g/mol. The highest BCUT2D eigenvalue weighted by atomic mass is 35.5. The third-order valence-corrected chi connectivity index (χ3v) is 3.89. The Kier molecular flexibility index (Phi) is 5.74. The third-order valence-electron chi connectivity index (χ3n) is 3.23. The largest absolute Gasteiger partial charge is 0.495 e. The maximum absolute atomic E-state index is 12.3. The number of benzene rings is 2. The molecule has 0 saturated carbocycles. The van der Waals surface area contributed by atoms with Crippen molar-refractivity contribution < 1.29 is 14.3 Å². The van der Waals surface area contributed by atoms with Crippen molar-refractivity contribution in [1.29, 1.82) is 0 Å². The highest BCUT2D eigenvalue weighted by molar-refractivity contribution is 6.31. The molecule has 6 heteroatoms. The molecule has 2 rings (SSSR count). The van der Waals surface area contributed by atoms with Crippen LogP contribution in [0.4, 0.5) is 5.69 Å². The molecule has 1 N–H and O–H groups in total. The molecule has 1 atom stereocenters. The quantitative estimate of drug-likeness (QED) is 0.845. The van der Waals surface area contributed by atoms with Crippen LogP contribution in [0.2, 0.25) is 10.0 Å². The molecule has 0 aromatic heterocycles. The number of hydrogen-bond donors (Lipinski definition) is 1. The summed E-state index contributed by atoms with van der Waals surface area (Å²) in [6, 6.07) is 10.2. The first-order valence-corrected chi connectivity index (χ1v) is 7.73. The van der Waals surface area contributed by atoms with Gasteiger partial charge in [0.1, 0.15) is 11.5 Å². The van der Waals surface area contributed by atoms with Crippen molar-refractivity contribution >= 4 is 34.8 Å². The summed E-state index contributed by atoms with van der Waals surface area (Å²) < 4.78 is 10.8. The Hall–Kier alpha value is -1.91. The maximum atomic E-state index is 12.3. The topological polar surface area (TPSA) is 47.6 Å². The van der Waals surface area contributed by atoms with E-state index in [9.17, 15) is 4.79 Å². The normalized spacial score (nSPS) is 11.7. The van der Waals surface area contributed by atoms with E-state index in [4.69, 9.17) is 32.7 Å². The van der Waals surface area contributed by atoms with Crippen LogP contribution in [0.3, 0.4) is 0 Å². The van der Waals surface area contributed by atoms with Crippen molar-refractivity contribution in [3.63, 3.8) is 0 Å². The monoisotopic (exact) mass is 353 g/mol. The summed E-state index contributed by atoms with van der Waals surface area (Å²) in [6.45, 7) is 3.52. The zero-order valence-corrected chi connectivity index (χ0v) is 14.5. The van der Waals surface area contributed by atoms with E-state index in [1.54, 1.807) is 43.3 Å². The van der Waals surface area contributed by atoms with Crippen LogP contribution in [-0.2, 0) is 4.79 Å². The molecule has 1 amide bonds. The first kappa shape index (κ1) is 17.4. The van der Waals surface area contributed by atoms with Gasteiger partial charge in [-0.15, -0.1) is 0 Å². The van der Waals surface area contributed by atoms with Crippen LogP contribution in [0, 0.1) is 6.92 Å². The van der Waals surface area contributed by atoms with E-state index in [0.29, 0.717) is 27.2 Å². The molecule has 0 aliphatic carbocycles. The molecule has 0 aliphatic rings. The first-order chi connectivity index (χ1) is 10.9. The Morgan fingerprint density at radius 3 is 2.43 bits per heavy atom. The summed E-state index contributed by atoms with van der Waals surface area (Å²) in [5.41, 5.74) is 1.39. The number of hydrogen-bond acceptors (Lipinski definition) is 3. The van der Waals surface area contributed by atoms with Crippen LogP contribution < -0.4 is 14.8 Å². The Bertz CT molecular complexity index is 702. The lowest BCUT2D eigenvalue weighted by Crippen LogP contribution is -2.30. The van der Waals surface area contributed by atoms with Crippen molar-refractivity contribution in [2.45, 2.75) is 20.0 Å². The van der Waals surface area contributed by atoms with Crippen LogP contribution in [0.25, 0.3) is 0 Å². The van der Waals surface area contributed by atoms with Crippen molar-refractivity contribution in [1.82, 2.24) is 0 Å². The second kappa shape index (κ2) is 7.57. The first-order valence-electron chi connectivity index (χ1n) is 6.98. The molecule has 2 aromatic carbocycles. The minimum atomic E-state index is -0.683. The summed E-state index contributed by atoms with van der Waals surface area (Å²) in [4.78, 5) is 12.3. The van der Waals surface area contributed by atoms with Gasteiger partial charge >= 0.3 is 0 Å². The van der Waals surface area contributed by atoms with Gasteiger partial charge in [0.2, 0.25) is 0 Å². The second-order valence-electron chi connectivity index (χ2n) is 5.00. The van der Waals surface area contributed by atoms with Gasteiger partial charge in [-0.05, 0) is 49.7 Å². The Balaban J connectivity index is 2.09. The fourth-order valence-electron chi connectivity index (χ4n) is 1.93. The molecular formula is C17H17Cl2NO3. The number of carbonyl (C=O) groups is 1. The highest BCUT2D eigenvalue weighted by Gasteiger charge is 2.17.